The van der Waals surface area contributed by atoms with E-state index in [1.807, 2.05) is 0 Å². The molecule has 102 valence electrons. The van der Waals surface area contributed by atoms with Gasteiger partial charge in [0.1, 0.15) is 11.8 Å². The first-order chi connectivity index (χ1) is 9.13. The summed E-state index contributed by atoms with van der Waals surface area (Å²) in [4.78, 5) is 23.7. The molecule has 2 rings (SSSR count). The zero-order chi connectivity index (χ0) is 13.8. The van der Waals surface area contributed by atoms with Crippen LogP contribution in [0.3, 0.4) is 0 Å². The Labute approximate surface area is 111 Å². The Hall–Kier alpha value is -2.24. The van der Waals surface area contributed by atoms with Gasteiger partial charge in [-0.15, -0.1) is 0 Å². The first-order valence-corrected chi connectivity index (χ1v) is 6.14. The van der Waals surface area contributed by atoms with Crippen molar-refractivity contribution < 1.29 is 14.3 Å². The molecule has 1 unspecified atom stereocenters. The third-order valence-electron chi connectivity index (χ3n) is 3.12. The van der Waals surface area contributed by atoms with E-state index >= 15 is 0 Å². The summed E-state index contributed by atoms with van der Waals surface area (Å²) in [5, 5.41) is 5.41. The van der Waals surface area contributed by atoms with E-state index in [9.17, 15) is 9.59 Å². The highest BCUT2D eigenvalue weighted by Crippen LogP contribution is 2.24. The molecule has 0 spiro atoms. The molecule has 1 atom stereocenters. The first kappa shape index (κ1) is 13.2. The van der Waals surface area contributed by atoms with Gasteiger partial charge in [-0.3, -0.25) is 9.59 Å². The molecule has 1 aliphatic heterocycles. The summed E-state index contributed by atoms with van der Waals surface area (Å²) >= 11 is 0. The minimum absolute atomic E-state index is 0.152. The van der Waals surface area contributed by atoms with E-state index in [1.165, 1.54) is 7.11 Å². The average Bonchev–Trinajstić information content (AvgIpc) is 2.41. The van der Waals surface area contributed by atoms with Crippen LogP contribution in [0.2, 0.25) is 0 Å². The number of carbonyl (C=O) groups is 2. The van der Waals surface area contributed by atoms with Crippen LogP contribution in [0.15, 0.2) is 18.2 Å². The van der Waals surface area contributed by atoms with E-state index in [0.29, 0.717) is 24.3 Å². The molecule has 1 saturated heterocycles. The predicted octanol–water partition coefficient (Wildman–Crippen LogP) is 0.286. The number of para-hydroxylation sites is 1. The summed E-state index contributed by atoms with van der Waals surface area (Å²) in [6.45, 7) is 0.659. The van der Waals surface area contributed by atoms with E-state index < -0.39 is 6.04 Å². The number of benzene rings is 1. The van der Waals surface area contributed by atoms with Gasteiger partial charge in [-0.2, -0.15) is 0 Å². The van der Waals surface area contributed by atoms with Gasteiger partial charge in [-0.1, -0.05) is 6.07 Å². The van der Waals surface area contributed by atoms with Crippen LogP contribution in [-0.2, 0) is 4.79 Å². The molecule has 1 heterocycles. The van der Waals surface area contributed by atoms with E-state index in [0.717, 1.165) is 6.42 Å². The lowest BCUT2D eigenvalue weighted by atomic mass is 10.1. The molecule has 0 saturated carbocycles. The van der Waals surface area contributed by atoms with Crippen LogP contribution in [0.1, 0.15) is 23.2 Å². The van der Waals surface area contributed by atoms with Gasteiger partial charge in [0.25, 0.3) is 5.91 Å². The number of carbonyl (C=O) groups excluding carboxylic acids is 2. The highest BCUT2D eigenvalue weighted by atomic mass is 16.5. The van der Waals surface area contributed by atoms with Crippen molar-refractivity contribution in [3.05, 3.63) is 23.8 Å². The van der Waals surface area contributed by atoms with Crippen molar-refractivity contribution in [2.75, 3.05) is 19.4 Å². The molecule has 19 heavy (non-hydrogen) atoms. The van der Waals surface area contributed by atoms with Gasteiger partial charge < -0.3 is 21.1 Å². The topological polar surface area (TPSA) is 93.5 Å². The highest BCUT2D eigenvalue weighted by Gasteiger charge is 2.25. The predicted molar refractivity (Wildman–Crippen MR) is 70.9 cm³/mol. The molecule has 6 heteroatoms. The third-order valence-corrected chi connectivity index (χ3v) is 3.12. The number of anilines is 1. The number of amides is 2. The van der Waals surface area contributed by atoms with Crippen LogP contribution in [0.25, 0.3) is 0 Å². The van der Waals surface area contributed by atoms with E-state index in [-0.39, 0.29) is 17.5 Å². The molecule has 1 aliphatic rings. The van der Waals surface area contributed by atoms with Crippen LogP contribution in [-0.4, -0.2) is 31.5 Å². The Bertz CT molecular complexity index is 502. The van der Waals surface area contributed by atoms with Gasteiger partial charge in [-0.05, 0) is 25.0 Å². The molecule has 4 N–H and O–H groups in total. The molecular weight excluding hydrogens is 246 g/mol. The van der Waals surface area contributed by atoms with E-state index in [1.54, 1.807) is 18.2 Å². The molecule has 0 radical (unpaired) electrons. The van der Waals surface area contributed by atoms with Crippen molar-refractivity contribution in [3.63, 3.8) is 0 Å². The summed E-state index contributed by atoms with van der Waals surface area (Å²) in [5.41, 5.74) is 6.44. The summed E-state index contributed by atoms with van der Waals surface area (Å²) in [6, 6.07) is 4.48. The van der Waals surface area contributed by atoms with Gasteiger partial charge in [0, 0.05) is 6.54 Å². The quantitative estimate of drug-likeness (QED) is 0.683. The number of piperidine rings is 1. The molecule has 0 aliphatic carbocycles. The summed E-state index contributed by atoms with van der Waals surface area (Å²) < 4.78 is 5.06. The lowest BCUT2D eigenvalue weighted by molar-refractivity contribution is -0.124. The van der Waals surface area contributed by atoms with Crippen LogP contribution in [0, 0.1) is 0 Å². The Kier molecular flexibility index (Phi) is 3.89. The average molecular weight is 263 g/mol. The van der Waals surface area contributed by atoms with Crippen molar-refractivity contribution in [2.45, 2.75) is 18.9 Å². The number of hydrogen-bond donors (Lipinski definition) is 3. The molecule has 2 amide bonds. The minimum Gasteiger partial charge on any atom is -0.495 e. The summed E-state index contributed by atoms with van der Waals surface area (Å²) in [7, 11) is 1.49. The maximum absolute atomic E-state index is 12.1. The largest absolute Gasteiger partial charge is 0.495 e. The second-order valence-electron chi connectivity index (χ2n) is 4.38. The Morgan fingerprint density at radius 2 is 2.32 bits per heavy atom. The van der Waals surface area contributed by atoms with Gasteiger partial charge in [0.05, 0.1) is 18.4 Å². The Morgan fingerprint density at radius 3 is 3.00 bits per heavy atom. The summed E-state index contributed by atoms with van der Waals surface area (Å²) in [6.07, 6.45) is 1.49. The minimum atomic E-state index is -0.494. The SMILES string of the molecule is COc1cccc(C(=O)NC2CCCNC2=O)c1N. The van der Waals surface area contributed by atoms with Crippen molar-refractivity contribution in [1.82, 2.24) is 10.6 Å². The van der Waals surface area contributed by atoms with E-state index in [4.69, 9.17) is 10.5 Å². The molecule has 6 nitrogen and oxygen atoms in total. The van der Waals surface area contributed by atoms with Crippen LogP contribution in [0.5, 0.6) is 5.75 Å². The monoisotopic (exact) mass is 263 g/mol. The highest BCUT2D eigenvalue weighted by molar-refractivity contribution is 6.02. The number of nitrogen functional groups attached to an aromatic ring is 1. The molecule has 1 aromatic rings. The van der Waals surface area contributed by atoms with Gasteiger partial charge in [0.2, 0.25) is 5.91 Å². The zero-order valence-corrected chi connectivity index (χ0v) is 10.7. The van der Waals surface area contributed by atoms with Gasteiger partial charge in [-0.25, -0.2) is 0 Å². The fourth-order valence-electron chi connectivity index (χ4n) is 2.07. The van der Waals surface area contributed by atoms with Gasteiger partial charge >= 0.3 is 0 Å². The second-order valence-corrected chi connectivity index (χ2v) is 4.38. The van der Waals surface area contributed by atoms with Crippen molar-refractivity contribution in [1.29, 1.82) is 0 Å². The smallest absolute Gasteiger partial charge is 0.254 e. The fourth-order valence-corrected chi connectivity index (χ4v) is 2.07. The molecule has 0 aromatic heterocycles. The maximum atomic E-state index is 12.1. The van der Waals surface area contributed by atoms with Crippen LogP contribution in [0.4, 0.5) is 5.69 Å². The Morgan fingerprint density at radius 1 is 1.53 bits per heavy atom. The standard InChI is InChI=1S/C13H17N3O3/c1-19-10-6-2-4-8(11(10)14)12(17)16-9-5-3-7-15-13(9)18/h2,4,6,9H,3,5,7,14H2,1H3,(H,15,18)(H,16,17). The molecule has 1 aromatic carbocycles. The number of nitrogens with one attached hydrogen (secondary N) is 2. The van der Waals surface area contributed by atoms with Gasteiger partial charge in [0.15, 0.2) is 0 Å². The maximum Gasteiger partial charge on any atom is 0.254 e. The second kappa shape index (κ2) is 5.60. The number of hydrogen-bond acceptors (Lipinski definition) is 4. The lowest BCUT2D eigenvalue weighted by Gasteiger charge is -2.23. The number of methoxy groups -OCH3 is 1. The first-order valence-electron chi connectivity index (χ1n) is 6.14. The fraction of sp³-hybridized carbons (Fsp3) is 0.385. The number of nitrogens with two attached hydrogens (primary N) is 1. The lowest BCUT2D eigenvalue weighted by Crippen LogP contribution is -2.50. The molecular formula is C13H17N3O3. The number of rotatable bonds is 3. The molecule has 0 bridgehead atoms. The van der Waals surface area contributed by atoms with E-state index in [2.05, 4.69) is 10.6 Å². The van der Waals surface area contributed by atoms with Crippen molar-refractivity contribution in [3.8, 4) is 5.75 Å². The molecule has 1 fully saturated rings. The zero-order valence-electron chi connectivity index (χ0n) is 10.7. The van der Waals surface area contributed by atoms with Crippen molar-refractivity contribution in [2.24, 2.45) is 0 Å². The Balaban J connectivity index is 2.13. The van der Waals surface area contributed by atoms with Crippen molar-refractivity contribution >= 4 is 17.5 Å². The van der Waals surface area contributed by atoms with Crippen LogP contribution < -0.4 is 21.1 Å². The van der Waals surface area contributed by atoms with Crippen LogP contribution >= 0.6 is 0 Å². The normalized spacial score (nSPS) is 18.6. The summed E-state index contributed by atoms with van der Waals surface area (Å²) in [5.74, 6) is -0.0692. The third kappa shape index (κ3) is 2.78. The number of ether oxygens (including phenoxy) is 1.